The van der Waals surface area contributed by atoms with Crippen molar-refractivity contribution in [3.05, 3.63) is 35.9 Å². The number of carbonyl (C=O) groups excluding carboxylic acids is 1. The molecule has 0 saturated heterocycles. The molecule has 34 heavy (non-hydrogen) atoms. The highest BCUT2D eigenvalue weighted by molar-refractivity contribution is 7.91. The molecule has 2 aromatic rings. The zero-order valence-electron chi connectivity index (χ0n) is 17.7. The Morgan fingerprint density at radius 1 is 1.09 bits per heavy atom. The van der Waals surface area contributed by atoms with E-state index < -0.39 is 44.5 Å². The Balaban J connectivity index is 2.48. The Kier molecular flexibility index (Phi) is 8.27. The molecule has 0 unspecified atom stereocenters. The number of nitrogens with zero attached hydrogens (tertiary/aromatic N) is 2. The summed E-state index contributed by atoms with van der Waals surface area (Å²) in [4.78, 5) is 22.6. The van der Waals surface area contributed by atoms with Gasteiger partial charge in [-0.25, -0.2) is 17.4 Å². The number of hydrogen-bond acceptors (Lipinski definition) is 11. The van der Waals surface area contributed by atoms with Crippen LogP contribution in [0.3, 0.4) is 0 Å². The van der Waals surface area contributed by atoms with Crippen molar-refractivity contribution in [1.29, 1.82) is 0 Å². The van der Waals surface area contributed by atoms with Gasteiger partial charge in [-0.15, -0.1) is 10.2 Å². The number of rotatable bonds is 10. The smallest absolute Gasteiger partial charge is 0.397 e. The number of nitrogens with two attached hydrogens (primary N) is 1. The van der Waals surface area contributed by atoms with Gasteiger partial charge < -0.3 is 20.9 Å². The van der Waals surface area contributed by atoms with Crippen molar-refractivity contribution in [3.8, 4) is 5.75 Å². The third-order valence-electron chi connectivity index (χ3n) is 4.07. The minimum Gasteiger partial charge on any atom is -0.494 e. The van der Waals surface area contributed by atoms with Crippen LogP contribution in [0.15, 0.2) is 45.5 Å². The van der Waals surface area contributed by atoms with Gasteiger partial charge in [0, 0.05) is 12.6 Å². The lowest BCUT2D eigenvalue weighted by Gasteiger charge is -2.10. The zero-order valence-corrected chi connectivity index (χ0v) is 19.4. The second-order valence-electron chi connectivity index (χ2n) is 6.55. The molecule has 0 saturated carbocycles. The molecule has 0 heterocycles. The van der Waals surface area contributed by atoms with Gasteiger partial charge in [0.2, 0.25) is 5.91 Å². The number of nitrogens with one attached hydrogen (secondary N) is 1. The average molecular weight is 517 g/mol. The molecule has 0 spiro atoms. The summed E-state index contributed by atoms with van der Waals surface area (Å²) in [5.74, 6) is -2.51. The van der Waals surface area contributed by atoms with Gasteiger partial charge in [0.1, 0.15) is 17.1 Å². The van der Waals surface area contributed by atoms with E-state index in [2.05, 4.69) is 19.7 Å². The number of hydrogen-bond donors (Lipinski definition) is 4. The summed E-state index contributed by atoms with van der Waals surface area (Å²) in [6, 6.07) is 5.79. The van der Waals surface area contributed by atoms with Crippen LogP contribution in [0.2, 0.25) is 0 Å². The van der Waals surface area contributed by atoms with Gasteiger partial charge in [-0.3, -0.25) is 9.35 Å². The predicted molar refractivity (Wildman–Crippen MR) is 119 cm³/mol. The number of benzene rings is 2. The summed E-state index contributed by atoms with van der Waals surface area (Å²) in [5, 5.41) is 19.6. The number of aromatic carboxylic acids is 1. The molecule has 0 aromatic heterocycles. The third-order valence-corrected chi connectivity index (χ3v) is 6.21. The summed E-state index contributed by atoms with van der Waals surface area (Å²) in [6.45, 7) is 0.388. The molecule has 0 aliphatic rings. The first kappa shape index (κ1) is 26.7. The number of carboxylic acids is 1. The maximum atomic E-state index is 12.5. The van der Waals surface area contributed by atoms with Crippen LogP contribution in [0.25, 0.3) is 0 Å². The van der Waals surface area contributed by atoms with Gasteiger partial charge >= 0.3 is 16.4 Å². The lowest BCUT2D eigenvalue weighted by Crippen LogP contribution is -2.15. The number of methoxy groups -OCH3 is 1. The predicted octanol–water partition coefficient (Wildman–Crippen LogP) is 1.94. The molecule has 5 N–H and O–H groups in total. The lowest BCUT2D eigenvalue weighted by atomic mass is 10.1. The van der Waals surface area contributed by atoms with Crippen molar-refractivity contribution >= 4 is 54.9 Å². The topological polar surface area (TPSA) is 224 Å². The fourth-order valence-corrected chi connectivity index (χ4v) is 4.08. The van der Waals surface area contributed by atoms with E-state index in [1.807, 2.05) is 0 Å². The van der Waals surface area contributed by atoms with Crippen LogP contribution in [0.1, 0.15) is 17.3 Å². The quantitative estimate of drug-likeness (QED) is 0.203. The molecular weight excluding hydrogens is 496 g/mol. The molecule has 0 fully saturated rings. The van der Waals surface area contributed by atoms with Crippen molar-refractivity contribution < 1.29 is 45.0 Å². The SMILES string of the molecule is COc1ccc(S(=O)(=O)CCOS(=O)(=O)O)cc1N=Nc1cc(C(=O)O)c(N)cc1NC(C)=O. The van der Waals surface area contributed by atoms with Crippen LogP contribution < -0.4 is 15.8 Å². The number of azo groups is 1. The van der Waals surface area contributed by atoms with E-state index in [0.29, 0.717) is 0 Å². The van der Waals surface area contributed by atoms with Gasteiger partial charge in [-0.05, 0) is 30.3 Å². The van der Waals surface area contributed by atoms with Gasteiger partial charge in [0.25, 0.3) is 0 Å². The van der Waals surface area contributed by atoms with Gasteiger partial charge in [0.05, 0.1) is 35.6 Å². The molecule has 16 heteroatoms. The summed E-state index contributed by atoms with van der Waals surface area (Å²) in [7, 11) is -7.59. The monoisotopic (exact) mass is 516 g/mol. The van der Waals surface area contributed by atoms with E-state index in [1.165, 1.54) is 32.2 Å². The van der Waals surface area contributed by atoms with Crippen molar-refractivity contribution in [2.45, 2.75) is 11.8 Å². The summed E-state index contributed by atoms with van der Waals surface area (Å²) in [6.07, 6.45) is 0. The molecular formula is C18H20N4O10S2. The number of carboxylic acid groups (broad SMARTS) is 1. The first-order valence-electron chi connectivity index (χ1n) is 9.12. The molecule has 0 radical (unpaired) electrons. The Morgan fingerprint density at radius 3 is 2.29 bits per heavy atom. The van der Waals surface area contributed by atoms with E-state index in [9.17, 15) is 31.5 Å². The minimum atomic E-state index is -4.81. The molecule has 14 nitrogen and oxygen atoms in total. The molecule has 0 aliphatic heterocycles. The van der Waals surface area contributed by atoms with Crippen LogP contribution in [0, 0.1) is 0 Å². The molecule has 0 aliphatic carbocycles. The van der Waals surface area contributed by atoms with E-state index >= 15 is 0 Å². The highest BCUT2D eigenvalue weighted by Crippen LogP contribution is 2.35. The minimum absolute atomic E-state index is 0.0591. The second kappa shape index (κ2) is 10.6. The maximum Gasteiger partial charge on any atom is 0.397 e. The Morgan fingerprint density at radius 2 is 1.74 bits per heavy atom. The molecule has 0 atom stereocenters. The largest absolute Gasteiger partial charge is 0.494 e. The molecule has 0 bridgehead atoms. The maximum absolute atomic E-state index is 12.5. The number of carbonyl (C=O) groups is 2. The van der Waals surface area contributed by atoms with Crippen LogP contribution in [0.5, 0.6) is 5.75 Å². The van der Waals surface area contributed by atoms with E-state index in [-0.39, 0.29) is 39.0 Å². The van der Waals surface area contributed by atoms with Gasteiger partial charge in [0.15, 0.2) is 9.84 Å². The standard InChI is InChI=1S/C18H20N4O10S2/c1-10(23)20-14-9-13(19)12(18(24)25)8-15(14)21-22-16-7-11(3-4-17(16)31-2)33(26,27)6-5-32-34(28,29)30/h3-4,7-9H,5-6,19H2,1-2H3,(H,20,23)(H,24,25)(H,28,29,30). The highest BCUT2D eigenvalue weighted by Gasteiger charge is 2.19. The van der Waals surface area contributed by atoms with Crippen molar-refractivity contribution in [1.82, 2.24) is 0 Å². The van der Waals surface area contributed by atoms with Crippen LogP contribution >= 0.6 is 0 Å². The molecule has 2 rings (SSSR count). The van der Waals surface area contributed by atoms with Crippen LogP contribution in [-0.4, -0.2) is 57.8 Å². The first-order valence-corrected chi connectivity index (χ1v) is 12.1. The van der Waals surface area contributed by atoms with Crippen LogP contribution in [0.4, 0.5) is 22.7 Å². The fraction of sp³-hybridized carbons (Fsp3) is 0.222. The third kappa shape index (κ3) is 7.20. The average Bonchev–Trinajstić information content (AvgIpc) is 2.71. The number of nitrogen functional groups attached to an aromatic ring is 1. The Labute approximate surface area is 194 Å². The Hall–Kier alpha value is -3.60. The van der Waals surface area contributed by atoms with E-state index in [4.69, 9.17) is 15.0 Å². The normalized spacial score (nSPS) is 12.0. The molecule has 1 amide bonds. The van der Waals surface area contributed by atoms with E-state index in [1.54, 1.807) is 0 Å². The second-order valence-corrected chi connectivity index (χ2v) is 9.75. The number of ether oxygens (including phenoxy) is 1. The number of anilines is 2. The van der Waals surface area contributed by atoms with Crippen molar-refractivity contribution in [2.24, 2.45) is 10.2 Å². The molecule has 2 aromatic carbocycles. The van der Waals surface area contributed by atoms with Gasteiger partial charge in [-0.2, -0.15) is 8.42 Å². The fourth-order valence-electron chi connectivity index (χ4n) is 2.58. The summed E-state index contributed by atoms with van der Waals surface area (Å²) < 4.78 is 63.9. The van der Waals surface area contributed by atoms with Crippen LogP contribution in [-0.2, 0) is 29.2 Å². The number of sulfone groups is 1. The summed E-state index contributed by atoms with van der Waals surface area (Å²) >= 11 is 0. The van der Waals surface area contributed by atoms with Crippen molar-refractivity contribution in [2.75, 3.05) is 30.5 Å². The van der Waals surface area contributed by atoms with Gasteiger partial charge in [-0.1, -0.05) is 0 Å². The highest BCUT2D eigenvalue weighted by atomic mass is 32.3. The zero-order chi connectivity index (χ0) is 25.7. The summed E-state index contributed by atoms with van der Waals surface area (Å²) in [5.41, 5.74) is 5.16. The lowest BCUT2D eigenvalue weighted by molar-refractivity contribution is -0.114. The first-order chi connectivity index (χ1) is 15.7. The number of amides is 1. The van der Waals surface area contributed by atoms with Crippen molar-refractivity contribution in [3.63, 3.8) is 0 Å². The molecule has 184 valence electrons. The van der Waals surface area contributed by atoms with E-state index in [0.717, 1.165) is 12.1 Å². The Bertz CT molecular complexity index is 1360.